The van der Waals surface area contributed by atoms with E-state index in [2.05, 4.69) is 4.74 Å². The van der Waals surface area contributed by atoms with Gasteiger partial charge in [0.2, 0.25) is 0 Å². The van der Waals surface area contributed by atoms with Crippen molar-refractivity contribution in [2.75, 3.05) is 20.7 Å². The van der Waals surface area contributed by atoms with Gasteiger partial charge in [-0.1, -0.05) is 6.07 Å². The zero-order valence-electron chi connectivity index (χ0n) is 10.2. The molecule has 0 aliphatic heterocycles. The highest BCUT2D eigenvalue weighted by molar-refractivity contribution is 7.10. The third-order valence-corrected chi connectivity index (χ3v) is 3.28. The van der Waals surface area contributed by atoms with Crippen molar-refractivity contribution in [2.24, 2.45) is 0 Å². The molecule has 18 heavy (non-hydrogen) atoms. The highest BCUT2D eigenvalue weighted by Crippen LogP contribution is 2.26. The first-order valence-corrected chi connectivity index (χ1v) is 6.14. The van der Waals surface area contributed by atoms with Crippen LogP contribution in [-0.2, 0) is 9.47 Å². The van der Waals surface area contributed by atoms with Crippen LogP contribution in [0, 0.1) is 0 Å². The number of carboxylic acid groups (broad SMARTS) is 1. The number of amides is 1. The third-order valence-electron chi connectivity index (χ3n) is 2.32. The average molecular weight is 273 g/mol. The Morgan fingerprint density at radius 2 is 2.28 bits per heavy atom. The summed E-state index contributed by atoms with van der Waals surface area (Å²) in [6.45, 7) is 0.273. The van der Waals surface area contributed by atoms with Crippen LogP contribution in [0.15, 0.2) is 17.5 Å². The topological polar surface area (TPSA) is 76.1 Å². The third kappa shape index (κ3) is 4.25. The maximum atomic E-state index is 11.1. The first-order valence-electron chi connectivity index (χ1n) is 5.26. The van der Waals surface area contributed by atoms with Gasteiger partial charge in [-0.05, 0) is 11.4 Å². The number of nitrogens with zero attached hydrogens (tertiary/aromatic N) is 1. The van der Waals surface area contributed by atoms with Crippen molar-refractivity contribution < 1.29 is 24.2 Å². The molecular weight excluding hydrogens is 258 g/mol. The summed E-state index contributed by atoms with van der Waals surface area (Å²) < 4.78 is 9.55. The predicted molar refractivity (Wildman–Crippen MR) is 65.8 cm³/mol. The molecule has 6 nitrogen and oxygen atoms in total. The summed E-state index contributed by atoms with van der Waals surface area (Å²) in [7, 11) is 2.70. The molecule has 0 bridgehead atoms. The molecule has 1 unspecified atom stereocenters. The van der Waals surface area contributed by atoms with Crippen LogP contribution in [0.4, 0.5) is 9.59 Å². The van der Waals surface area contributed by atoms with Gasteiger partial charge in [-0.2, -0.15) is 0 Å². The molecule has 7 heteroatoms. The van der Waals surface area contributed by atoms with E-state index in [0.29, 0.717) is 6.42 Å². The quantitative estimate of drug-likeness (QED) is 0.834. The van der Waals surface area contributed by atoms with Crippen LogP contribution in [0.5, 0.6) is 0 Å². The number of ether oxygens (including phenoxy) is 2. The van der Waals surface area contributed by atoms with Crippen molar-refractivity contribution in [1.29, 1.82) is 0 Å². The predicted octanol–water partition coefficient (Wildman–Crippen LogP) is 2.57. The van der Waals surface area contributed by atoms with Gasteiger partial charge >= 0.3 is 12.2 Å². The number of thiophene rings is 1. The molecule has 1 atom stereocenters. The average Bonchev–Trinajstić information content (AvgIpc) is 2.87. The van der Waals surface area contributed by atoms with Crippen molar-refractivity contribution in [2.45, 2.75) is 12.5 Å². The van der Waals surface area contributed by atoms with Gasteiger partial charge in [0.1, 0.15) is 6.10 Å². The van der Waals surface area contributed by atoms with Crippen molar-refractivity contribution in [3.8, 4) is 0 Å². The number of hydrogen-bond donors (Lipinski definition) is 1. The maximum Gasteiger partial charge on any atom is 0.508 e. The minimum atomic E-state index is -1.02. The zero-order valence-corrected chi connectivity index (χ0v) is 11.0. The second-order valence-electron chi connectivity index (χ2n) is 3.57. The number of hydrogen-bond acceptors (Lipinski definition) is 5. The van der Waals surface area contributed by atoms with Crippen molar-refractivity contribution in [3.63, 3.8) is 0 Å². The largest absolute Gasteiger partial charge is 0.508 e. The lowest BCUT2D eigenvalue weighted by atomic mass is 10.2. The minimum absolute atomic E-state index is 0.273. The fourth-order valence-electron chi connectivity index (χ4n) is 1.30. The van der Waals surface area contributed by atoms with Crippen molar-refractivity contribution >= 4 is 23.6 Å². The van der Waals surface area contributed by atoms with E-state index >= 15 is 0 Å². The van der Waals surface area contributed by atoms with E-state index in [-0.39, 0.29) is 6.54 Å². The fourth-order valence-corrected chi connectivity index (χ4v) is 2.09. The molecule has 0 aliphatic rings. The van der Waals surface area contributed by atoms with Gasteiger partial charge in [0.05, 0.1) is 7.11 Å². The monoisotopic (exact) mass is 273 g/mol. The molecule has 1 rings (SSSR count). The lowest BCUT2D eigenvalue weighted by Gasteiger charge is -2.19. The Morgan fingerprint density at radius 1 is 1.56 bits per heavy atom. The van der Waals surface area contributed by atoms with Crippen LogP contribution in [0.2, 0.25) is 0 Å². The van der Waals surface area contributed by atoms with Gasteiger partial charge in [0.15, 0.2) is 0 Å². The van der Waals surface area contributed by atoms with Crippen LogP contribution in [0.25, 0.3) is 0 Å². The van der Waals surface area contributed by atoms with Crippen molar-refractivity contribution in [1.82, 2.24) is 4.90 Å². The van der Waals surface area contributed by atoms with Gasteiger partial charge in [0.25, 0.3) is 0 Å². The highest BCUT2D eigenvalue weighted by Gasteiger charge is 2.19. The first kappa shape index (κ1) is 14.3. The van der Waals surface area contributed by atoms with Crippen molar-refractivity contribution in [3.05, 3.63) is 22.4 Å². The molecule has 0 spiro atoms. The molecule has 0 saturated heterocycles. The SMILES string of the molecule is COC(=O)OC(CCN(C)C(=O)O)c1cccs1. The molecule has 0 radical (unpaired) electrons. The standard InChI is InChI=1S/C11H15NO5S/c1-12(10(13)14)6-5-8(17-11(15)16-2)9-4-3-7-18-9/h3-4,7-8H,5-6H2,1-2H3,(H,13,14). The molecule has 1 N–H and O–H groups in total. The number of rotatable bonds is 5. The molecule has 1 aromatic rings. The molecule has 100 valence electrons. The first-order chi connectivity index (χ1) is 8.54. The smallest absolute Gasteiger partial charge is 0.465 e. The van der Waals surface area contributed by atoms with Crippen LogP contribution in [0.1, 0.15) is 17.4 Å². The Bertz CT molecular complexity index is 392. The molecule has 0 aromatic carbocycles. The minimum Gasteiger partial charge on any atom is -0.465 e. The van der Waals surface area contributed by atoms with E-state index in [0.717, 1.165) is 9.78 Å². The summed E-state index contributed by atoms with van der Waals surface area (Å²) in [5.74, 6) is 0. The van der Waals surface area contributed by atoms with Crippen LogP contribution in [0.3, 0.4) is 0 Å². The molecule has 1 aromatic heterocycles. The number of methoxy groups -OCH3 is 1. The van der Waals surface area contributed by atoms with Crippen LogP contribution >= 0.6 is 11.3 Å². The molecule has 1 amide bonds. The second-order valence-corrected chi connectivity index (χ2v) is 4.55. The van der Waals surface area contributed by atoms with E-state index in [1.54, 1.807) is 0 Å². The Labute approximate surface area is 109 Å². The van der Waals surface area contributed by atoms with E-state index < -0.39 is 18.4 Å². The summed E-state index contributed by atoms with van der Waals surface area (Å²) in [6.07, 6.45) is -1.89. The lowest BCUT2D eigenvalue weighted by molar-refractivity contribution is 0.0317. The molecule has 0 saturated carbocycles. The highest BCUT2D eigenvalue weighted by atomic mass is 32.1. The number of carbonyl (C=O) groups excluding carboxylic acids is 1. The van der Waals surface area contributed by atoms with Gasteiger partial charge in [0, 0.05) is 24.9 Å². The van der Waals surface area contributed by atoms with E-state index in [1.807, 2.05) is 17.5 Å². The van der Waals surface area contributed by atoms with E-state index in [1.165, 1.54) is 25.5 Å². The Hall–Kier alpha value is -1.76. The Balaban J connectivity index is 2.61. The Morgan fingerprint density at radius 3 is 2.78 bits per heavy atom. The molecular formula is C11H15NO5S. The zero-order chi connectivity index (χ0) is 13.5. The van der Waals surface area contributed by atoms with Gasteiger partial charge in [-0.3, -0.25) is 0 Å². The lowest BCUT2D eigenvalue weighted by Crippen LogP contribution is -2.27. The maximum absolute atomic E-state index is 11.1. The normalized spacial score (nSPS) is 11.7. The molecule has 0 aliphatic carbocycles. The summed E-state index contributed by atoms with van der Waals surface area (Å²) in [5.41, 5.74) is 0. The Kier molecular flexibility index (Phi) is 5.44. The molecule has 1 heterocycles. The van der Waals surface area contributed by atoms with E-state index in [4.69, 9.17) is 9.84 Å². The van der Waals surface area contributed by atoms with Crippen LogP contribution in [-0.4, -0.2) is 43.0 Å². The summed E-state index contributed by atoms with van der Waals surface area (Å²) in [4.78, 5) is 23.8. The molecule has 0 fully saturated rings. The summed E-state index contributed by atoms with van der Waals surface area (Å²) in [6, 6.07) is 3.67. The van der Waals surface area contributed by atoms with Gasteiger partial charge < -0.3 is 19.5 Å². The summed E-state index contributed by atoms with van der Waals surface area (Å²) in [5, 5.41) is 10.6. The van der Waals surface area contributed by atoms with Gasteiger partial charge in [-0.15, -0.1) is 11.3 Å². The van der Waals surface area contributed by atoms with Crippen LogP contribution < -0.4 is 0 Å². The second kappa shape index (κ2) is 6.85. The number of carbonyl (C=O) groups is 2. The fraction of sp³-hybridized carbons (Fsp3) is 0.455. The summed E-state index contributed by atoms with van der Waals surface area (Å²) >= 11 is 1.44. The van der Waals surface area contributed by atoms with E-state index in [9.17, 15) is 9.59 Å². The van der Waals surface area contributed by atoms with Gasteiger partial charge in [-0.25, -0.2) is 9.59 Å².